The molecule has 7 heteroatoms. The van der Waals surface area contributed by atoms with Crippen LogP contribution in [0.3, 0.4) is 0 Å². The van der Waals surface area contributed by atoms with Crippen molar-refractivity contribution in [3.63, 3.8) is 0 Å². The molecule has 0 bridgehead atoms. The van der Waals surface area contributed by atoms with Gasteiger partial charge in [0.2, 0.25) is 0 Å². The number of aromatic nitrogens is 1. The van der Waals surface area contributed by atoms with Crippen molar-refractivity contribution in [2.24, 2.45) is 0 Å². The lowest BCUT2D eigenvalue weighted by atomic mass is 9.90. The first kappa shape index (κ1) is 23.1. The number of carbonyl (C=O) groups excluding carboxylic acids is 1. The van der Waals surface area contributed by atoms with Gasteiger partial charge in [-0.15, -0.1) is 0 Å². The molecule has 0 aliphatic heterocycles. The quantitative estimate of drug-likeness (QED) is 0.297. The number of fused-ring (bicyclic) bond motifs is 1. The Balaban J connectivity index is 1.21. The summed E-state index contributed by atoms with van der Waals surface area (Å²) in [6.45, 7) is 0. The normalized spacial score (nSPS) is 17.8. The van der Waals surface area contributed by atoms with Crippen LogP contribution in [0.2, 0.25) is 5.02 Å². The maximum atomic E-state index is 14.3. The average molecular weight is 490 g/mol. The standard InChI is InChI=1S/C28H25ClFN3O2/c29-20-3-10-25-26(11-12-31-27(25)16-20)32-22-4-6-23(7-5-22)33-28(35)19-13-18(14-21(30)15-19)17-1-8-24(34)9-2-17/h1-3,8-16,22-23,34H,4-7H2,(H,31,32)(H,33,35). The summed E-state index contributed by atoms with van der Waals surface area (Å²) >= 11 is 6.09. The van der Waals surface area contributed by atoms with E-state index >= 15 is 0 Å². The van der Waals surface area contributed by atoms with E-state index < -0.39 is 5.82 Å². The average Bonchev–Trinajstić information content (AvgIpc) is 2.85. The van der Waals surface area contributed by atoms with Crippen LogP contribution in [-0.4, -0.2) is 28.1 Å². The molecule has 0 atom stereocenters. The predicted molar refractivity (Wildman–Crippen MR) is 137 cm³/mol. The molecule has 4 aromatic rings. The zero-order valence-corrected chi connectivity index (χ0v) is 19.7. The topological polar surface area (TPSA) is 74.2 Å². The second-order valence-corrected chi connectivity index (χ2v) is 9.40. The minimum absolute atomic E-state index is 0.0360. The number of aromatic hydroxyl groups is 1. The minimum atomic E-state index is -0.473. The number of benzene rings is 3. The van der Waals surface area contributed by atoms with Crippen LogP contribution in [-0.2, 0) is 0 Å². The number of halogens is 2. The molecular weight excluding hydrogens is 465 g/mol. The van der Waals surface area contributed by atoms with Gasteiger partial charge in [-0.2, -0.15) is 0 Å². The van der Waals surface area contributed by atoms with Crippen molar-refractivity contribution in [1.82, 2.24) is 10.3 Å². The van der Waals surface area contributed by atoms with E-state index in [4.69, 9.17) is 11.6 Å². The first-order chi connectivity index (χ1) is 16.9. The molecular formula is C28H25ClFN3O2. The van der Waals surface area contributed by atoms with E-state index in [0.29, 0.717) is 16.6 Å². The van der Waals surface area contributed by atoms with Crippen LogP contribution in [0.25, 0.3) is 22.0 Å². The number of carbonyl (C=O) groups is 1. The Morgan fingerprint density at radius 2 is 1.66 bits per heavy atom. The van der Waals surface area contributed by atoms with Crippen LogP contribution >= 0.6 is 11.6 Å². The lowest BCUT2D eigenvalue weighted by Crippen LogP contribution is -2.40. The molecule has 178 valence electrons. The number of amides is 1. The monoisotopic (exact) mass is 489 g/mol. The molecule has 1 fully saturated rings. The smallest absolute Gasteiger partial charge is 0.251 e. The number of nitrogens with one attached hydrogen (secondary N) is 2. The van der Waals surface area contributed by atoms with Gasteiger partial charge in [0.25, 0.3) is 5.91 Å². The van der Waals surface area contributed by atoms with Crippen LogP contribution < -0.4 is 10.6 Å². The van der Waals surface area contributed by atoms with E-state index in [1.165, 1.54) is 24.3 Å². The summed E-state index contributed by atoms with van der Waals surface area (Å²) in [6.07, 6.45) is 5.25. The van der Waals surface area contributed by atoms with E-state index in [9.17, 15) is 14.3 Å². The van der Waals surface area contributed by atoms with Crippen LogP contribution in [0.15, 0.2) is 72.9 Å². The zero-order valence-electron chi connectivity index (χ0n) is 19.0. The van der Waals surface area contributed by atoms with Crippen molar-refractivity contribution in [2.75, 3.05) is 5.32 Å². The second kappa shape index (κ2) is 9.92. The van der Waals surface area contributed by atoms with Crippen LogP contribution in [0, 0.1) is 5.82 Å². The van der Waals surface area contributed by atoms with Gasteiger partial charge in [0, 0.05) is 39.9 Å². The third-order valence-corrected chi connectivity index (χ3v) is 6.72. The summed E-state index contributed by atoms with van der Waals surface area (Å²) in [5.74, 6) is -0.618. The Hall–Kier alpha value is -3.64. The summed E-state index contributed by atoms with van der Waals surface area (Å²) in [5, 5.41) is 17.9. The van der Waals surface area contributed by atoms with Crippen LogP contribution in [0.4, 0.5) is 10.1 Å². The number of rotatable bonds is 5. The van der Waals surface area contributed by atoms with Crippen molar-refractivity contribution in [2.45, 2.75) is 37.8 Å². The third-order valence-electron chi connectivity index (χ3n) is 6.49. The van der Waals surface area contributed by atoms with Gasteiger partial charge in [-0.05, 0) is 91.4 Å². The zero-order chi connectivity index (χ0) is 24.4. The molecule has 1 amide bonds. The molecule has 0 saturated heterocycles. The summed E-state index contributed by atoms with van der Waals surface area (Å²) in [4.78, 5) is 17.3. The summed E-state index contributed by atoms with van der Waals surface area (Å²) < 4.78 is 14.3. The van der Waals surface area contributed by atoms with Crippen molar-refractivity contribution in [3.8, 4) is 16.9 Å². The maximum Gasteiger partial charge on any atom is 0.251 e. The number of nitrogens with zero attached hydrogens (tertiary/aromatic N) is 1. The highest BCUT2D eigenvalue weighted by Crippen LogP contribution is 2.29. The molecule has 1 aliphatic rings. The number of pyridine rings is 1. The van der Waals surface area contributed by atoms with Gasteiger partial charge in [-0.3, -0.25) is 9.78 Å². The van der Waals surface area contributed by atoms with Gasteiger partial charge in [0.05, 0.1) is 5.52 Å². The van der Waals surface area contributed by atoms with E-state index in [-0.39, 0.29) is 23.3 Å². The van der Waals surface area contributed by atoms with E-state index in [2.05, 4.69) is 15.6 Å². The first-order valence-corrected chi connectivity index (χ1v) is 12.0. The van der Waals surface area contributed by atoms with E-state index in [1.807, 2.05) is 24.3 Å². The molecule has 5 nitrogen and oxygen atoms in total. The van der Waals surface area contributed by atoms with Crippen LogP contribution in [0.1, 0.15) is 36.0 Å². The fourth-order valence-electron chi connectivity index (χ4n) is 4.66. The number of anilines is 1. The van der Waals surface area contributed by atoms with Crippen LogP contribution in [0.5, 0.6) is 5.75 Å². The van der Waals surface area contributed by atoms with Gasteiger partial charge < -0.3 is 15.7 Å². The van der Waals surface area contributed by atoms with Crippen molar-refractivity contribution < 1.29 is 14.3 Å². The van der Waals surface area contributed by atoms with Gasteiger partial charge >= 0.3 is 0 Å². The highest BCUT2D eigenvalue weighted by molar-refractivity contribution is 6.31. The summed E-state index contributed by atoms with van der Waals surface area (Å²) in [5.41, 5.74) is 3.49. The summed E-state index contributed by atoms with van der Waals surface area (Å²) in [6, 6.07) is 18.8. The number of hydrogen-bond donors (Lipinski definition) is 3. The highest BCUT2D eigenvalue weighted by atomic mass is 35.5. The summed E-state index contributed by atoms with van der Waals surface area (Å²) in [7, 11) is 0. The molecule has 5 rings (SSSR count). The molecule has 0 radical (unpaired) electrons. The van der Waals surface area contributed by atoms with Gasteiger partial charge in [-0.1, -0.05) is 23.7 Å². The predicted octanol–water partition coefficient (Wildman–Crippen LogP) is 6.55. The first-order valence-electron chi connectivity index (χ1n) is 11.7. The Bertz CT molecular complexity index is 1370. The van der Waals surface area contributed by atoms with Gasteiger partial charge in [-0.25, -0.2) is 4.39 Å². The molecule has 1 heterocycles. The Kier molecular flexibility index (Phi) is 6.55. The number of hydrogen-bond acceptors (Lipinski definition) is 4. The van der Waals surface area contributed by atoms with Crippen molar-refractivity contribution in [3.05, 3.63) is 89.3 Å². The molecule has 1 saturated carbocycles. The molecule has 0 unspecified atom stereocenters. The highest BCUT2D eigenvalue weighted by Gasteiger charge is 2.23. The lowest BCUT2D eigenvalue weighted by Gasteiger charge is -2.30. The minimum Gasteiger partial charge on any atom is -0.508 e. The maximum absolute atomic E-state index is 14.3. The second-order valence-electron chi connectivity index (χ2n) is 8.96. The fourth-order valence-corrected chi connectivity index (χ4v) is 4.83. The van der Waals surface area contributed by atoms with Gasteiger partial charge in [0.1, 0.15) is 11.6 Å². The molecule has 0 spiro atoms. The third kappa shape index (κ3) is 5.38. The SMILES string of the molecule is O=C(NC1CCC(Nc2ccnc3cc(Cl)ccc23)CC1)c1cc(F)cc(-c2ccc(O)cc2)c1. The molecule has 1 aromatic heterocycles. The number of phenolic OH excluding ortho intramolecular Hbond substituents is 1. The Morgan fingerprint density at radius 3 is 2.43 bits per heavy atom. The molecule has 3 aromatic carbocycles. The largest absolute Gasteiger partial charge is 0.508 e. The Morgan fingerprint density at radius 1 is 0.914 bits per heavy atom. The number of phenols is 1. The van der Waals surface area contributed by atoms with E-state index in [1.54, 1.807) is 24.4 Å². The lowest BCUT2D eigenvalue weighted by molar-refractivity contribution is 0.0926. The fraction of sp³-hybridized carbons (Fsp3) is 0.214. The Labute approximate surface area is 208 Å². The van der Waals surface area contributed by atoms with Crippen molar-refractivity contribution in [1.29, 1.82) is 0 Å². The van der Waals surface area contributed by atoms with Crippen molar-refractivity contribution >= 4 is 34.1 Å². The van der Waals surface area contributed by atoms with E-state index in [0.717, 1.165) is 47.8 Å². The molecule has 3 N–H and O–H groups in total. The van der Waals surface area contributed by atoms with Gasteiger partial charge in [0.15, 0.2) is 0 Å². The molecule has 35 heavy (non-hydrogen) atoms. The molecule has 1 aliphatic carbocycles.